The Morgan fingerprint density at radius 3 is 3.00 bits per heavy atom. The number of esters is 1. The molecule has 88 valence electrons. The van der Waals surface area contributed by atoms with E-state index in [4.69, 9.17) is 10.5 Å². The fourth-order valence-electron chi connectivity index (χ4n) is 0.943. The minimum absolute atomic E-state index is 0.337. The molecule has 0 aliphatic rings. The van der Waals surface area contributed by atoms with Crippen molar-refractivity contribution in [1.82, 2.24) is 9.97 Å². The summed E-state index contributed by atoms with van der Waals surface area (Å²) < 4.78 is 4.89. The van der Waals surface area contributed by atoms with E-state index in [0.717, 1.165) is 5.03 Å². The highest BCUT2D eigenvalue weighted by Gasteiger charge is 2.30. The van der Waals surface area contributed by atoms with Crippen LogP contribution < -0.4 is 5.73 Å². The summed E-state index contributed by atoms with van der Waals surface area (Å²) in [7, 11) is 0. The van der Waals surface area contributed by atoms with Crippen LogP contribution in [0.25, 0.3) is 0 Å². The second-order valence-corrected chi connectivity index (χ2v) is 4.47. The van der Waals surface area contributed by atoms with Gasteiger partial charge in [0.25, 0.3) is 0 Å². The Morgan fingerprint density at radius 2 is 2.44 bits per heavy atom. The highest BCUT2D eigenvalue weighted by Crippen LogP contribution is 2.19. The topological polar surface area (TPSA) is 78.1 Å². The van der Waals surface area contributed by atoms with Gasteiger partial charge in [-0.1, -0.05) is 0 Å². The number of ether oxygens (including phenoxy) is 1. The van der Waals surface area contributed by atoms with Crippen molar-refractivity contribution < 1.29 is 9.53 Å². The number of aromatic nitrogens is 2. The summed E-state index contributed by atoms with van der Waals surface area (Å²) in [5.74, 6) is 0.0274. The second kappa shape index (κ2) is 5.81. The Balaban J connectivity index is 2.51. The molecule has 1 aromatic rings. The Hall–Kier alpha value is -1.14. The molecular formula is C10H15N3O2S. The SMILES string of the molecule is CCOC(=O)C(C)(N)CSc1ccncn1. The van der Waals surface area contributed by atoms with Gasteiger partial charge in [0.2, 0.25) is 0 Å². The molecule has 0 saturated carbocycles. The summed E-state index contributed by atoms with van der Waals surface area (Å²) in [6.07, 6.45) is 3.11. The molecule has 1 heterocycles. The molecule has 6 heteroatoms. The maximum atomic E-state index is 11.5. The van der Waals surface area contributed by atoms with E-state index >= 15 is 0 Å². The van der Waals surface area contributed by atoms with Gasteiger partial charge in [-0.25, -0.2) is 9.97 Å². The second-order valence-electron chi connectivity index (χ2n) is 3.47. The maximum absolute atomic E-state index is 11.5. The van der Waals surface area contributed by atoms with Crippen LogP contribution in [-0.4, -0.2) is 33.8 Å². The van der Waals surface area contributed by atoms with E-state index in [1.165, 1.54) is 18.1 Å². The number of hydrogen-bond donors (Lipinski definition) is 1. The summed E-state index contributed by atoms with van der Waals surface area (Å²) in [5.41, 5.74) is 4.86. The number of carbonyl (C=O) groups is 1. The number of nitrogens with zero attached hydrogens (tertiary/aromatic N) is 2. The lowest BCUT2D eigenvalue weighted by Crippen LogP contribution is -2.48. The molecule has 1 unspecified atom stereocenters. The van der Waals surface area contributed by atoms with E-state index in [-0.39, 0.29) is 0 Å². The van der Waals surface area contributed by atoms with Gasteiger partial charge in [-0.2, -0.15) is 0 Å². The number of nitrogens with two attached hydrogens (primary N) is 1. The number of rotatable bonds is 5. The zero-order valence-electron chi connectivity index (χ0n) is 9.34. The molecule has 0 bridgehead atoms. The van der Waals surface area contributed by atoms with Gasteiger partial charge < -0.3 is 10.5 Å². The van der Waals surface area contributed by atoms with Crippen LogP contribution in [0.4, 0.5) is 0 Å². The van der Waals surface area contributed by atoms with Gasteiger partial charge in [0, 0.05) is 11.9 Å². The van der Waals surface area contributed by atoms with Crippen LogP contribution in [0.5, 0.6) is 0 Å². The number of thioether (sulfide) groups is 1. The zero-order valence-corrected chi connectivity index (χ0v) is 10.2. The molecule has 2 N–H and O–H groups in total. The fourth-order valence-corrected chi connectivity index (χ4v) is 1.79. The van der Waals surface area contributed by atoms with Crippen LogP contribution >= 0.6 is 11.8 Å². The van der Waals surface area contributed by atoms with Gasteiger partial charge >= 0.3 is 5.97 Å². The lowest BCUT2D eigenvalue weighted by molar-refractivity contribution is -0.148. The van der Waals surface area contributed by atoms with Crippen LogP contribution in [0.15, 0.2) is 23.6 Å². The molecule has 0 aromatic carbocycles. The predicted octanol–water partition coefficient (Wildman–Crippen LogP) is 0.849. The van der Waals surface area contributed by atoms with Crippen LogP contribution in [0.3, 0.4) is 0 Å². The monoisotopic (exact) mass is 241 g/mol. The van der Waals surface area contributed by atoms with Crippen molar-refractivity contribution in [2.45, 2.75) is 24.4 Å². The minimum Gasteiger partial charge on any atom is -0.465 e. The van der Waals surface area contributed by atoms with E-state index in [2.05, 4.69) is 9.97 Å². The third-order valence-corrected chi connectivity index (χ3v) is 3.10. The lowest BCUT2D eigenvalue weighted by Gasteiger charge is -2.21. The zero-order chi connectivity index (χ0) is 12.0. The molecule has 0 radical (unpaired) electrons. The first kappa shape index (κ1) is 12.9. The minimum atomic E-state index is -0.994. The first-order chi connectivity index (χ1) is 7.56. The predicted molar refractivity (Wildman–Crippen MR) is 62.0 cm³/mol. The van der Waals surface area contributed by atoms with Gasteiger partial charge in [0.15, 0.2) is 0 Å². The Morgan fingerprint density at radius 1 is 1.69 bits per heavy atom. The summed E-state index contributed by atoms with van der Waals surface area (Å²) in [5, 5.41) is 0.788. The van der Waals surface area contributed by atoms with Crippen molar-refractivity contribution >= 4 is 17.7 Å². The van der Waals surface area contributed by atoms with Gasteiger partial charge in [-0.05, 0) is 19.9 Å². The highest BCUT2D eigenvalue weighted by atomic mass is 32.2. The average molecular weight is 241 g/mol. The molecule has 0 fully saturated rings. The van der Waals surface area contributed by atoms with E-state index < -0.39 is 11.5 Å². The number of carbonyl (C=O) groups excluding carboxylic acids is 1. The standard InChI is InChI=1S/C10H15N3O2S/c1-3-15-9(14)10(2,11)6-16-8-4-5-12-7-13-8/h4-5,7H,3,6,11H2,1-2H3. The van der Waals surface area contributed by atoms with E-state index in [1.807, 2.05) is 0 Å². The molecule has 0 aliphatic carbocycles. The highest BCUT2D eigenvalue weighted by molar-refractivity contribution is 7.99. The van der Waals surface area contributed by atoms with Gasteiger partial charge in [0.1, 0.15) is 11.9 Å². The molecular weight excluding hydrogens is 226 g/mol. The first-order valence-electron chi connectivity index (χ1n) is 4.91. The van der Waals surface area contributed by atoms with Crippen molar-refractivity contribution in [3.63, 3.8) is 0 Å². The molecule has 0 aliphatic heterocycles. The molecule has 16 heavy (non-hydrogen) atoms. The Bertz CT molecular complexity index is 343. The largest absolute Gasteiger partial charge is 0.465 e. The van der Waals surface area contributed by atoms with Gasteiger partial charge in [-0.15, -0.1) is 11.8 Å². The van der Waals surface area contributed by atoms with Crippen molar-refractivity contribution in [3.8, 4) is 0 Å². The quantitative estimate of drug-likeness (QED) is 0.468. The lowest BCUT2D eigenvalue weighted by atomic mass is 10.1. The van der Waals surface area contributed by atoms with Crippen LogP contribution in [0.2, 0.25) is 0 Å². The molecule has 1 atom stereocenters. The molecule has 0 saturated heterocycles. The van der Waals surface area contributed by atoms with Gasteiger partial charge in [0.05, 0.1) is 11.6 Å². The average Bonchev–Trinajstić information content (AvgIpc) is 2.28. The van der Waals surface area contributed by atoms with Crippen LogP contribution in [-0.2, 0) is 9.53 Å². The summed E-state index contributed by atoms with van der Waals surface area (Å²) >= 11 is 1.40. The van der Waals surface area contributed by atoms with Crippen LogP contribution in [0, 0.1) is 0 Å². The molecule has 1 aromatic heterocycles. The third-order valence-electron chi connectivity index (χ3n) is 1.82. The fraction of sp³-hybridized carbons (Fsp3) is 0.500. The van der Waals surface area contributed by atoms with Crippen molar-refractivity contribution in [2.75, 3.05) is 12.4 Å². The Labute approximate surface area is 98.8 Å². The molecule has 0 spiro atoms. The number of hydrogen-bond acceptors (Lipinski definition) is 6. The first-order valence-corrected chi connectivity index (χ1v) is 5.89. The maximum Gasteiger partial charge on any atom is 0.326 e. The van der Waals surface area contributed by atoms with Crippen molar-refractivity contribution in [2.24, 2.45) is 5.73 Å². The normalized spacial score (nSPS) is 14.2. The van der Waals surface area contributed by atoms with E-state index in [1.54, 1.807) is 26.1 Å². The Kier molecular flexibility index (Phi) is 4.70. The van der Waals surface area contributed by atoms with E-state index in [0.29, 0.717) is 12.4 Å². The summed E-state index contributed by atoms with van der Waals surface area (Å²) in [6.45, 7) is 3.74. The molecule has 5 nitrogen and oxygen atoms in total. The van der Waals surface area contributed by atoms with Crippen molar-refractivity contribution in [3.05, 3.63) is 18.6 Å². The van der Waals surface area contributed by atoms with Gasteiger partial charge in [-0.3, -0.25) is 4.79 Å². The molecule has 0 amide bonds. The smallest absolute Gasteiger partial charge is 0.326 e. The third kappa shape index (κ3) is 3.79. The summed E-state index contributed by atoms with van der Waals surface area (Å²) in [6, 6.07) is 1.77. The summed E-state index contributed by atoms with van der Waals surface area (Å²) in [4.78, 5) is 19.3. The van der Waals surface area contributed by atoms with E-state index in [9.17, 15) is 4.79 Å². The molecule has 1 rings (SSSR count). The van der Waals surface area contributed by atoms with Crippen LogP contribution in [0.1, 0.15) is 13.8 Å². The van der Waals surface area contributed by atoms with Crippen molar-refractivity contribution in [1.29, 1.82) is 0 Å².